The number of hydrogen-bond donors (Lipinski definition) is 1. The molecule has 8 heteroatoms. The fourth-order valence-corrected chi connectivity index (χ4v) is 2.27. The van der Waals surface area contributed by atoms with Gasteiger partial charge in [0.1, 0.15) is 6.10 Å². The van der Waals surface area contributed by atoms with Crippen LogP contribution in [0.4, 0.5) is 11.4 Å². The molecule has 1 rings (SSSR count). The summed E-state index contributed by atoms with van der Waals surface area (Å²) in [5.74, 6) is -0.886. The van der Waals surface area contributed by atoms with E-state index >= 15 is 0 Å². The van der Waals surface area contributed by atoms with E-state index < -0.39 is 22.9 Å². The van der Waals surface area contributed by atoms with E-state index in [9.17, 15) is 19.7 Å². The van der Waals surface area contributed by atoms with E-state index in [0.717, 1.165) is 0 Å². The quantitative estimate of drug-likeness (QED) is 0.443. The normalized spacial score (nSPS) is 11.7. The zero-order valence-corrected chi connectivity index (χ0v) is 14.3. The van der Waals surface area contributed by atoms with Gasteiger partial charge in [-0.05, 0) is 32.8 Å². The van der Waals surface area contributed by atoms with Gasteiger partial charge in [-0.15, -0.1) is 0 Å². The minimum Gasteiger partial charge on any atom is -0.469 e. The number of aryl methyl sites for hydroxylation is 1. The summed E-state index contributed by atoms with van der Waals surface area (Å²) < 4.78 is 9.93. The Morgan fingerprint density at radius 3 is 2.54 bits per heavy atom. The molecular formula is C16H22N2O6. The Hall–Kier alpha value is -2.48. The fraction of sp³-hybridized carbons (Fsp3) is 0.500. The number of benzene rings is 1. The average Bonchev–Trinajstić information content (AvgIpc) is 2.54. The van der Waals surface area contributed by atoms with Crippen molar-refractivity contribution < 1.29 is 24.0 Å². The van der Waals surface area contributed by atoms with Crippen LogP contribution in [-0.4, -0.2) is 36.6 Å². The van der Waals surface area contributed by atoms with Crippen molar-refractivity contribution in [3.05, 3.63) is 33.4 Å². The van der Waals surface area contributed by atoms with Gasteiger partial charge in [-0.1, -0.05) is 6.07 Å². The molecule has 1 N–H and O–H groups in total. The Morgan fingerprint density at radius 1 is 1.33 bits per heavy atom. The molecule has 0 saturated heterocycles. The number of nitro groups is 1. The summed E-state index contributed by atoms with van der Waals surface area (Å²) in [6.07, 6.45) is -0.631. The number of anilines is 1. The molecule has 8 nitrogen and oxygen atoms in total. The van der Waals surface area contributed by atoms with Gasteiger partial charge in [0.15, 0.2) is 0 Å². The maximum absolute atomic E-state index is 12.4. The summed E-state index contributed by atoms with van der Waals surface area (Å²) in [7, 11) is 1.27. The predicted octanol–water partition coefficient (Wildman–Crippen LogP) is 2.51. The topological polar surface area (TPSA) is 108 Å². The number of nitrogens with zero attached hydrogens (tertiary/aromatic N) is 1. The highest BCUT2D eigenvalue weighted by Gasteiger charge is 2.23. The molecular weight excluding hydrogens is 316 g/mol. The van der Waals surface area contributed by atoms with Crippen LogP contribution in [0.3, 0.4) is 0 Å². The van der Waals surface area contributed by atoms with Crippen molar-refractivity contribution in [2.45, 2.75) is 39.7 Å². The maximum atomic E-state index is 12.4. The third kappa shape index (κ3) is 5.02. The molecule has 0 spiro atoms. The van der Waals surface area contributed by atoms with Crippen LogP contribution in [0.5, 0.6) is 0 Å². The second-order valence-corrected chi connectivity index (χ2v) is 5.21. The molecule has 132 valence electrons. The summed E-state index contributed by atoms with van der Waals surface area (Å²) >= 11 is 0. The van der Waals surface area contributed by atoms with Gasteiger partial charge < -0.3 is 14.8 Å². The lowest BCUT2D eigenvalue weighted by molar-refractivity contribution is -0.385. The lowest BCUT2D eigenvalue weighted by Crippen LogP contribution is -2.31. The Kier molecular flexibility index (Phi) is 7.31. The van der Waals surface area contributed by atoms with Gasteiger partial charge in [0.25, 0.3) is 11.6 Å². The van der Waals surface area contributed by atoms with Crippen LogP contribution in [0.1, 0.15) is 30.9 Å². The first-order valence-corrected chi connectivity index (χ1v) is 7.55. The predicted molar refractivity (Wildman–Crippen MR) is 87.9 cm³/mol. The Bertz CT molecular complexity index is 629. The van der Waals surface area contributed by atoms with Gasteiger partial charge in [-0.2, -0.15) is 0 Å². The van der Waals surface area contributed by atoms with Gasteiger partial charge in [0.05, 0.1) is 23.3 Å². The number of rotatable bonds is 8. The van der Waals surface area contributed by atoms with E-state index in [0.29, 0.717) is 23.4 Å². The van der Waals surface area contributed by atoms with E-state index in [4.69, 9.17) is 4.74 Å². The molecule has 1 atom stereocenters. The highest BCUT2D eigenvalue weighted by Crippen LogP contribution is 2.29. The number of nitrogens with one attached hydrogen (secondary N) is 1. The molecule has 24 heavy (non-hydrogen) atoms. The number of methoxy groups -OCH3 is 1. The summed E-state index contributed by atoms with van der Waals surface area (Å²) in [4.78, 5) is 34.2. The smallest absolute Gasteiger partial charge is 0.305 e. The minimum absolute atomic E-state index is 0.0431. The van der Waals surface area contributed by atoms with Crippen LogP contribution in [-0.2, 0) is 19.1 Å². The second-order valence-electron chi connectivity index (χ2n) is 5.21. The number of carbonyl (C=O) groups is 2. The molecule has 0 aliphatic carbocycles. The molecule has 0 fully saturated rings. The fourth-order valence-electron chi connectivity index (χ4n) is 2.27. The first-order valence-electron chi connectivity index (χ1n) is 7.55. The number of nitro benzene ring substituents is 1. The zero-order chi connectivity index (χ0) is 18.3. The van der Waals surface area contributed by atoms with E-state index in [1.807, 2.05) is 0 Å². The first kappa shape index (κ1) is 19.6. The summed E-state index contributed by atoms with van der Waals surface area (Å²) in [5.41, 5.74) is 1.39. The molecule has 0 aliphatic rings. The number of ether oxygens (including phenoxy) is 2. The lowest BCUT2D eigenvalue weighted by atomic mass is 10.1. The molecule has 0 saturated carbocycles. The molecule has 0 aromatic heterocycles. The van der Waals surface area contributed by atoms with Gasteiger partial charge in [-0.3, -0.25) is 19.7 Å². The Labute approximate surface area is 140 Å². The van der Waals surface area contributed by atoms with E-state index in [1.165, 1.54) is 13.2 Å². The summed E-state index contributed by atoms with van der Waals surface area (Å²) in [6, 6.07) is 2.97. The monoisotopic (exact) mass is 338 g/mol. The highest BCUT2D eigenvalue weighted by atomic mass is 16.6. The number of carbonyl (C=O) groups excluding carboxylic acids is 2. The summed E-state index contributed by atoms with van der Waals surface area (Å²) in [5, 5.41) is 13.7. The molecule has 0 radical (unpaired) electrons. The van der Waals surface area contributed by atoms with Crippen LogP contribution in [0.15, 0.2) is 12.1 Å². The zero-order valence-electron chi connectivity index (χ0n) is 14.3. The third-order valence-corrected chi connectivity index (χ3v) is 3.59. The van der Waals surface area contributed by atoms with Gasteiger partial charge >= 0.3 is 5.97 Å². The molecule has 1 aromatic carbocycles. The Balaban J connectivity index is 2.96. The maximum Gasteiger partial charge on any atom is 0.305 e. The number of esters is 1. The van der Waals surface area contributed by atoms with Crippen molar-refractivity contribution in [2.75, 3.05) is 19.0 Å². The lowest BCUT2D eigenvalue weighted by Gasteiger charge is -2.18. The van der Waals surface area contributed by atoms with E-state index in [2.05, 4.69) is 10.1 Å². The number of hydrogen-bond acceptors (Lipinski definition) is 6. The third-order valence-electron chi connectivity index (χ3n) is 3.59. The van der Waals surface area contributed by atoms with Crippen LogP contribution < -0.4 is 5.32 Å². The van der Waals surface area contributed by atoms with Crippen molar-refractivity contribution in [1.82, 2.24) is 0 Å². The molecule has 1 amide bonds. The van der Waals surface area contributed by atoms with Crippen LogP contribution in [0.25, 0.3) is 0 Å². The van der Waals surface area contributed by atoms with Crippen LogP contribution in [0.2, 0.25) is 0 Å². The van der Waals surface area contributed by atoms with Gasteiger partial charge in [-0.25, -0.2) is 0 Å². The minimum atomic E-state index is -0.841. The number of amides is 1. The Morgan fingerprint density at radius 2 is 2.00 bits per heavy atom. The SMILES string of the molecule is CCOC(CCC(=O)OC)C(=O)Nc1c(C)ccc([N+](=O)[O-])c1C. The standard InChI is InChI=1S/C16H22N2O6/c1-5-24-13(8-9-14(19)23-4)16(20)17-15-10(2)6-7-12(11(15)3)18(21)22/h6-7,13H,5,8-9H2,1-4H3,(H,17,20). The molecule has 0 aliphatic heterocycles. The van der Waals surface area contributed by atoms with E-state index in [1.54, 1.807) is 26.8 Å². The highest BCUT2D eigenvalue weighted by molar-refractivity contribution is 5.96. The van der Waals surface area contributed by atoms with Crippen molar-refractivity contribution in [1.29, 1.82) is 0 Å². The van der Waals surface area contributed by atoms with Crippen molar-refractivity contribution in [3.8, 4) is 0 Å². The van der Waals surface area contributed by atoms with Gasteiger partial charge in [0.2, 0.25) is 0 Å². The molecule has 1 unspecified atom stereocenters. The molecule has 1 aromatic rings. The van der Waals surface area contributed by atoms with E-state index in [-0.39, 0.29) is 18.5 Å². The van der Waals surface area contributed by atoms with Crippen molar-refractivity contribution >= 4 is 23.3 Å². The van der Waals surface area contributed by atoms with Gasteiger partial charge in [0, 0.05) is 19.1 Å². The second kappa shape index (κ2) is 8.97. The van der Waals surface area contributed by atoms with Crippen molar-refractivity contribution in [2.24, 2.45) is 0 Å². The first-order chi connectivity index (χ1) is 11.3. The summed E-state index contributed by atoms with van der Waals surface area (Å²) in [6.45, 7) is 5.36. The molecule has 0 heterocycles. The largest absolute Gasteiger partial charge is 0.469 e. The van der Waals surface area contributed by atoms with Crippen molar-refractivity contribution in [3.63, 3.8) is 0 Å². The average molecular weight is 338 g/mol. The molecule has 0 bridgehead atoms. The van der Waals surface area contributed by atoms with Crippen LogP contribution in [0, 0.1) is 24.0 Å². The van der Waals surface area contributed by atoms with Crippen LogP contribution >= 0.6 is 0 Å².